The van der Waals surface area contributed by atoms with Crippen LogP contribution in [0.3, 0.4) is 0 Å². The van der Waals surface area contributed by atoms with Crippen LogP contribution in [0.25, 0.3) is 0 Å². The van der Waals surface area contributed by atoms with Crippen molar-refractivity contribution in [2.75, 3.05) is 6.61 Å². The van der Waals surface area contributed by atoms with Crippen molar-refractivity contribution in [3.8, 4) is 0 Å². The molecule has 1 unspecified atom stereocenters. The first-order chi connectivity index (χ1) is 11.1. The molecular weight excluding hydrogens is 294 g/mol. The lowest BCUT2D eigenvalue weighted by Gasteiger charge is -2.20. The van der Waals surface area contributed by atoms with Gasteiger partial charge in [0.25, 0.3) is 0 Å². The summed E-state index contributed by atoms with van der Waals surface area (Å²) in [5.41, 5.74) is 0. The van der Waals surface area contributed by atoms with Crippen LogP contribution >= 0.6 is 0 Å². The summed E-state index contributed by atoms with van der Waals surface area (Å²) >= 11 is 0. The van der Waals surface area contributed by atoms with Crippen molar-refractivity contribution in [1.82, 2.24) is 5.32 Å². The largest absolute Gasteiger partial charge is 0.460 e. The van der Waals surface area contributed by atoms with Gasteiger partial charge < -0.3 is 15.2 Å². The molecule has 1 rings (SSSR count). The quantitative estimate of drug-likeness (QED) is 0.280. The van der Waals surface area contributed by atoms with Crippen LogP contribution in [-0.2, 0) is 14.3 Å². The van der Waals surface area contributed by atoms with Crippen LogP contribution < -0.4 is 5.32 Å². The minimum absolute atomic E-state index is 0.110. The number of hydrogen-bond acceptors (Lipinski definition) is 4. The van der Waals surface area contributed by atoms with Gasteiger partial charge in [-0.3, -0.25) is 9.59 Å². The van der Waals surface area contributed by atoms with Gasteiger partial charge in [0.15, 0.2) is 0 Å². The summed E-state index contributed by atoms with van der Waals surface area (Å²) in [6, 6.07) is -0.553. The number of aliphatic hydroxyl groups is 1. The number of esters is 1. The van der Waals surface area contributed by atoms with Crippen LogP contribution in [0.15, 0.2) is 24.3 Å². The molecule has 1 amide bonds. The molecule has 1 saturated heterocycles. The minimum Gasteiger partial charge on any atom is -0.460 e. The van der Waals surface area contributed by atoms with E-state index in [9.17, 15) is 14.7 Å². The molecule has 1 aliphatic rings. The van der Waals surface area contributed by atoms with E-state index in [1.165, 1.54) is 12.5 Å². The van der Waals surface area contributed by atoms with Crippen molar-refractivity contribution in [3.63, 3.8) is 0 Å². The molecule has 0 radical (unpaired) electrons. The van der Waals surface area contributed by atoms with Gasteiger partial charge in [-0.05, 0) is 19.8 Å². The van der Waals surface area contributed by atoms with Crippen LogP contribution in [0.2, 0.25) is 0 Å². The number of unbranched alkanes of at least 4 members (excludes halogenated alkanes) is 3. The number of allylic oxidation sites excluding steroid dienone is 3. The van der Waals surface area contributed by atoms with E-state index in [0.29, 0.717) is 6.42 Å². The zero-order valence-corrected chi connectivity index (χ0v) is 14.2. The van der Waals surface area contributed by atoms with Crippen molar-refractivity contribution >= 4 is 11.9 Å². The Balaban J connectivity index is 2.46. The molecule has 0 spiro atoms. The van der Waals surface area contributed by atoms with E-state index in [-0.39, 0.29) is 24.4 Å². The maximum Gasteiger partial charge on any atom is 0.309 e. The third-order valence-corrected chi connectivity index (χ3v) is 4.05. The maximum atomic E-state index is 11.9. The Morgan fingerprint density at radius 1 is 1.39 bits per heavy atom. The third-order valence-electron chi connectivity index (χ3n) is 4.05. The SMILES string of the molecule is C/C=C/C=C/C(=O)N[C@@H](CO)[C@H]1CC(CCCCCC)C(=O)O1. The molecule has 5 heteroatoms. The molecule has 0 bridgehead atoms. The fourth-order valence-corrected chi connectivity index (χ4v) is 2.71. The predicted octanol–water partition coefficient (Wildman–Crippen LogP) is 2.50. The lowest BCUT2D eigenvalue weighted by molar-refractivity contribution is -0.146. The molecule has 0 saturated carbocycles. The average molecular weight is 323 g/mol. The van der Waals surface area contributed by atoms with Gasteiger partial charge in [0, 0.05) is 6.08 Å². The summed E-state index contributed by atoms with van der Waals surface area (Å²) in [6.07, 6.45) is 12.0. The highest BCUT2D eigenvalue weighted by molar-refractivity contribution is 5.88. The standard InChI is InChI=1S/C18H29NO4/c1-3-5-7-9-10-14-12-16(23-18(14)22)15(13-20)19-17(21)11-8-6-4-2/h4,6,8,11,14-16,20H,3,5,7,9-10,12-13H2,1-2H3,(H,19,21)/b6-4+,11-8+/t14?,15-,16+/m0/s1. The molecule has 5 nitrogen and oxygen atoms in total. The number of cyclic esters (lactones) is 1. The second-order valence-corrected chi connectivity index (χ2v) is 5.94. The van der Waals surface area contributed by atoms with Gasteiger partial charge in [-0.2, -0.15) is 0 Å². The van der Waals surface area contributed by atoms with E-state index in [2.05, 4.69) is 12.2 Å². The Morgan fingerprint density at radius 2 is 2.17 bits per heavy atom. The monoisotopic (exact) mass is 323 g/mol. The predicted molar refractivity (Wildman–Crippen MR) is 89.7 cm³/mol. The molecule has 130 valence electrons. The molecule has 2 N–H and O–H groups in total. The second-order valence-electron chi connectivity index (χ2n) is 5.94. The smallest absolute Gasteiger partial charge is 0.309 e. The average Bonchev–Trinajstić information content (AvgIpc) is 2.90. The molecule has 3 atom stereocenters. The summed E-state index contributed by atoms with van der Waals surface area (Å²) in [6.45, 7) is 3.76. The van der Waals surface area contributed by atoms with E-state index < -0.39 is 12.1 Å². The number of carbonyl (C=O) groups is 2. The number of hydrogen-bond donors (Lipinski definition) is 2. The molecular formula is C18H29NO4. The minimum atomic E-state index is -0.553. The third kappa shape index (κ3) is 6.99. The van der Waals surface area contributed by atoms with Crippen molar-refractivity contribution in [3.05, 3.63) is 24.3 Å². The molecule has 0 aliphatic carbocycles. The molecule has 23 heavy (non-hydrogen) atoms. The van der Waals surface area contributed by atoms with Crippen molar-refractivity contribution in [2.45, 2.75) is 64.5 Å². The van der Waals surface area contributed by atoms with Crippen LogP contribution in [0.5, 0.6) is 0 Å². The van der Waals surface area contributed by atoms with Crippen molar-refractivity contribution in [1.29, 1.82) is 0 Å². The van der Waals surface area contributed by atoms with E-state index in [1.807, 2.05) is 13.0 Å². The number of carbonyl (C=O) groups excluding carboxylic acids is 2. The first-order valence-electron chi connectivity index (χ1n) is 8.53. The zero-order valence-electron chi connectivity index (χ0n) is 14.2. The Kier molecular flexibility index (Phi) is 9.29. The lowest BCUT2D eigenvalue weighted by Crippen LogP contribution is -2.45. The fraction of sp³-hybridized carbons (Fsp3) is 0.667. The Bertz CT molecular complexity index is 431. The first kappa shape index (κ1) is 19.4. The fourth-order valence-electron chi connectivity index (χ4n) is 2.71. The number of rotatable bonds is 10. The summed E-state index contributed by atoms with van der Waals surface area (Å²) in [5.74, 6) is -0.616. The lowest BCUT2D eigenvalue weighted by atomic mass is 9.95. The number of nitrogens with one attached hydrogen (secondary N) is 1. The highest BCUT2D eigenvalue weighted by Gasteiger charge is 2.38. The molecule has 0 aromatic carbocycles. The van der Waals surface area contributed by atoms with Gasteiger partial charge in [-0.25, -0.2) is 0 Å². The highest BCUT2D eigenvalue weighted by Crippen LogP contribution is 2.28. The topological polar surface area (TPSA) is 75.6 Å². The number of amides is 1. The van der Waals surface area contributed by atoms with E-state index in [1.54, 1.807) is 12.2 Å². The van der Waals surface area contributed by atoms with E-state index >= 15 is 0 Å². The second kappa shape index (κ2) is 11.0. The van der Waals surface area contributed by atoms with Crippen LogP contribution in [0.1, 0.15) is 52.4 Å². The summed E-state index contributed by atoms with van der Waals surface area (Å²) < 4.78 is 5.36. The maximum absolute atomic E-state index is 11.9. The molecule has 0 aromatic rings. The Labute approximate surface area is 138 Å². The van der Waals surface area contributed by atoms with Crippen molar-refractivity contribution < 1.29 is 19.4 Å². The molecule has 1 heterocycles. The summed E-state index contributed by atoms with van der Waals surface area (Å²) in [7, 11) is 0. The summed E-state index contributed by atoms with van der Waals surface area (Å²) in [4.78, 5) is 23.7. The molecule has 0 aromatic heterocycles. The highest BCUT2D eigenvalue weighted by atomic mass is 16.6. The van der Waals surface area contributed by atoms with Crippen LogP contribution in [0.4, 0.5) is 0 Å². The molecule has 1 aliphatic heterocycles. The Morgan fingerprint density at radius 3 is 2.83 bits per heavy atom. The van der Waals surface area contributed by atoms with E-state index in [0.717, 1.165) is 25.7 Å². The van der Waals surface area contributed by atoms with Gasteiger partial charge >= 0.3 is 5.97 Å². The van der Waals surface area contributed by atoms with Gasteiger partial charge in [-0.15, -0.1) is 0 Å². The van der Waals surface area contributed by atoms with Gasteiger partial charge in [0.2, 0.25) is 5.91 Å². The summed E-state index contributed by atoms with van der Waals surface area (Å²) in [5, 5.41) is 12.2. The zero-order chi connectivity index (χ0) is 17.1. The Hall–Kier alpha value is -1.62. The number of aliphatic hydroxyl groups excluding tert-OH is 1. The van der Waals surface area contributed by atoms with E-state index in [4.69, 9.17) is 4.74 Å². The van der Waals surface area contributed by atoms with Gasteiger partial charge in [0.05, 0.1) is 18.6 Å². The van der Waals surface area contributed by atoms with Gasteiger partial charge in [0.1, 0.15) is 6.10 Å². The molecule has 1 fully saturated rings. The first-order valence-corrected chi connectivity index (χ1v) is 8.53. The normalized spacial score (nSPS) is 22.7. The van der Waals surface area contributed by atoms with Crippen LogP contribution in [-0.4, -0.2) is 35.7 Å². The number of ether oxygens (including phenoxy) is 1. The van der Waals surface area contributed by atoms with Crippen molar-refractivity contribution in [2.24, 2.45) is 5.92 Å². The van der Waals surface area contributed by atoms with Gasteiger partial charge in [-0.1, -0.05) is 50.8 Å². The van der Waals surface area contributed by atoms with Crippen LogP contribution in [0, 0.1) is 5.92 Å².